The molecular weight excluding hydrogens is 243 g/mol. The van der Waals surface area contributed by atoms with E-state index in [1.807, 2.05) is 0 Å². The molecule has 0 aromatic heterocycles. The summed E-state index contributed by atoms with van der Waals surface area (Å²) in [5, 5.41) is 7.41. The molecule has 0 fully saturated rings. The minimum atomic E-state index is -4.71. The minimum absolute atomic E-state index is 0.131. The lowest BCUT2D eigenvalue weighted by Crippen LogP contribution is -2.12. The molecule has 0 heterocycles. The van der Waals surface area contributed by atoms with E-state index in [9.17, 15) is 18.0 Å². The van der Waals surface area contributed by atoms with Gasteiger partial charge in [0.25, 0.3) is 5.24 Å². The molecule has 0 unspecified atom stereocenters. The van der Waals surface area contributed by atoms with Gasteiger partial charge in [-0.1, -0.05) is 0 Å². The Morgan fingerprint density at radius 3 is 2.38 bits per heavy atom. The van der Waals surface area contributed by atoms with Gasteiger partial charge >= 0.3 is 6.18 Å². The molecule has 2 nitrogen and oxygen atoms in total. The average molecular weight is 248 g/mol. The summed E-state index contributed by atoms with van der Waals surface area (Å²) >= 11 is 5.06. The number of alkyl halides is 3. The highest BCUT2D eigenvalue weighted by atomic mass is 35.5. The monoisotopic (exact) mass is 247 g/mol. The maximum absolute atomic E-state index is 12.5. The molecule has 16 heavy (non-hydrogen) atoms. The Balaban J connectivity index is 3.57. The topological polar surface area (TPSA) is 40.9 Å². The summed E-state index contributed by atoms with van der Waals surface area (Å²) in [6, 6.07) is 3.22. The molecule has 0 saturated carbocycles. The van der Waals surface area contributed by atoms with E-state index >= 15 is 0 Å². The predicted octanol–water partition coefficient (Wildman–Crippen LogP) is 3.26. The molecule has 0 bridgehead atoms. The number of rotatable bonds is 1. The number of nitriles is 1. The van der Waals surface area contributed by atoms with Crippen molar-refractivity contribution >= 4 is 16.8 Å². The summed E-state index contributed by atoms with van der Waals surface area (Å²) in [5.74, 6) is 0. The zero-order valence-electron chi connectivity index (χ0n) is 8.02. The summed E-state index contributed by atoms with van der Waals surface area (Å²) < 4.78 is 37.6. The smallest absolute Gasteiger partial charge is 0.276 e. The third kappa shape index (κ3) is 2.34. The van der Waals surface area contributed by atoms with Crippen LogP contribution in [0.25, 0.3) is 0 Å². The van der Waals surface area contributed by atoms with Crippen LogP contribution in [0, 0.1) is 18.3 Å². The molecule has 1 aromatic carbocycles. The SMILES string of the molecule is Cc1cc(C(=O)Cl)c(C(F)(F)F)cc1C#N. The van der Waals surface area contributed by atoms with Gasteiger partial charge in [0.05, 0.1) is 17.2 Å². The summed E-state index contributed by atoms with van der Waals surface area (Å²) in [5.41, 5.74) is -1.67. The predicted molar refractivity (Wildman–Crippen MR) is 51.1 cm³/mol. The quantitative estimate of drug-likeness (QED) is 0.715. The number of carbonyl (C=O) groups excluding carboxylic acids is 1. The summed E-state index contributed by atoms with van der Waals surface area (Å²) in [7, 11) is 0. The zero-order valence-corrected chi connectivity index (χ0v) is 8.78. The lowest BCUT2D eigenvalue weighted by Gasteiger charge is -2.11. The zero-order chi connectivity index (χ0) is 12.5. The molecule has 1 aromatic rings. The molecule has 1 rings (SSSR count). The Morgan fingerprint density at radius 2 is 2.00 bits per heavy atom. The third-order valence-electron chi connectivity index (χ3n) is 2.00. The van der Waals surface area contributed by atoms with Crippen LogP contribution in [0.15, 0.2) is 12.1 Å². The summed E-state index contributed by atoms with van der Waals surface area (Å²) in [4.78, 5) is 10.8. The second-order valence-electron chi connectivity index (χ2n) is 3.10. The van der Waals surface area contributed by atoms with E-state index in [0.29, 0.717) is 6.07 Å². The van der Waals surface area contributed by atoms with E-state index in [2.05, 4.69) is 0 Å². The van der Waals surface area contributed by atoms with Crippen LogP contribution in [0.5, 0.6) is 0 Å². The van der Waals surface area contributed by atoms with Crippen molar-refractivity contribution in [3.05, 3.63) is 34.4 Å². The number of hydrogen-bond donors (Lipinski definition) is 0. The van der Waals surface area contributed by atoms with Crippen LogP contribution in [0.4, 0.5) is 13.2 Å². The Bertz CT molecular complexity index is 488. The van der Waals surface area contributed by atoms with Crippen LogP contribution < -0.4 is 0 Å². The van der Waals surface area contributed by atoms with E-state index in [0.717, 1.165) is 6.07 Å². The Labute approximate surface area is 94.2 Å². The van der Waals surface area contributed by atoms with Crippen LogP contribution in [0.3, 0.4) is 0 Å². The van der Waals surface area contributed by atoms with Crippen LogP contribution in [-0.2, 0) is 6.18 Å². The van der Waals surface area contributed by atoms with Crippen LogP contribution >= 0.6 is 11.6 Å². The molecule has 0 atom stereocenters. The van der Waals surface area contributed by atoms with Gasteiger partial charge in [-0.25, -0.2) is 0 Å². The standard InChI is InChI=1S/C10H5ClF3NO/c1-5-2-7(9(11)16)8(10(12,13)14)3-6(5)4-15/h2-3H,1H3. The van der Waals surface area contributed by atoms with Crippen molar-refractivity contribution in [2.45, 2.75) is 13.1 Å². The molecule has 0 radical (unpaired) electrons. The van der Waals surface area contributed by atoms with Gasteiger partial charge in [0.1, 0.15) is 0 Å². The lowest BCUT2D eigenvalue weighted by molar-refractivity contribution is -0.137. The molecule has 0 saturated heterocycles. The fourth-order valence-electron chi connectivity index (χ4n) is 1.23. The van der Waals surface area contributed by atoms with Crippen molar-refractivity contribution in [2.24, 2.45) is 0 Å². The highest BCUT2D eigenvalue weighted by molar-refractivity contribution is 6.68. The first-order chi connectivity index (χ1) is 7.27. The van der Waals surface area contributed by atoms with Gasteiger partial charge in [0.2, 0.25) is 0 Å². The van der Waals surface area contributed by atoms with Crippen LogP contribution in [-0.4, -0.2) is 5.24 Å². The van der Waals surface area contributed by atoms with E-state index < -0.39 is 22.5 Å². The number of nitrogens with zero attached hydrogens (tertiary/aromatic N) is 1. The van der Waals surface area contributed by atoms with Gasteiger partial charge in [-0.15, -0.1) is 0 Å². The van der Waals surface area contributed by atoms with Gasteiger partial charge in [0.15, 0.2) is 0 Å². The largest absolute Gasteiger partial charge is 0.417 e. The molecule has 0 aliphatic heterocycles. The maximum atomic E-state index is 12.5. The van der Waals surface area contributed by atoms with Gasteiger partial charge in [-0.2, -0.15) is 18.4 Å². The minimum Gasteiger partial charge on any atom is -0.276 e. The summed E-state index contributed by atoms with van der Waals surface area (Å²) in [6.07, 6.45) is -4.71. The Morgan fingerprint density at radius 1 is 1.44 bits per heavy atom. The molecule has 0 spiro atoms. The van der Waals surface area contributed by atoms with E-state index in [1.165, 1.54) is 6.92 Å². The second kappa shape index (κ2) is 4.14. The third-order valence-corrected chi connectivity index (χ3v) is 2.21. The van der Waals surface area contributed by atoms with Crippen molar-refractivity contribution in [3.63, 3.8) is 0 Å². The fraction of sp³-hybridized carbons (Fsp3) is 0.200. The molecule has 0 aliphatic carbocycles. The highest BCUT2D eigenvalue weighted by Gasteiger charge is 2.35. The van der Waals surface area contributed by atoms with Crippen molar-refractivity contribution in [3.8, 4) is 6.07 Å². The van der Waals surface area contributed by atoms with Gasteiger partial charge < -0.3 is 0 Å². The second-order valence-corrected chi connectivity index (χ2v) is 3.44. The van der Waals surface area contributed by atoms with Crippen molar-refractivity contribution in [2.75, 3.05) is 0 Å². The normalized spacial score (nSPS) is 11.0. The van der Waals surface area contributed by atoms with Crippen molar-refractivity contribution in [1.82, 2.24) is 0 Å². The van der Waals surface area contributed by atoms with Gasteiger partial charge in [-0.3, -0.25) is 4.79 Å². The molecule has 0 N–H and O–H groups in total. The number of aryl methyl sites for hydroxylation is 1. The number of benzene rings is 1. The van der Waals surface area contributed by atoms with E-state index in [-0.39, 0.29) is 11.1 Å². The lowest BCUT2D eigenvalue weighted by atomic mass is 10.00. The molecule has 0 amide bonds. The fourth-order valence-corrected chi connectivity index (χ4v) is 1.38. The molecule has 0 aliphatic rings. The first-order valence-corrected chi connectivity index (χ1v) is 4.47. The molecule has 84 valence electrons. The van der Waals surface area contributed by atoms with Gasteiger partial charge in [0, 0.05) is 5.56 Å². The van der Waals surface area contributed by atoms with Crippen LogP contribution in [0.1, 0.15) is 27.0 Å². The van der Waals surface area contributed by atoms with E-state index in [1.54, 1.807) is 6.07 Å². The molecule has 6 heteroatoms. The van der Waals surface area contributed by atoms with Crippen molar-refractivity contribution < 1.29 is 18.0 Å². The first-order valence-electron chi connectivity index (χ1n) is 4.09. The number of carbonyl (C=O) groups is 1. The van der Waals surface area contributed by atoms with Crippen molar-refractivity contribution in [1.29, 1.82) is 5.26 Å². The van der Waals surface area contributed by atoms with E-state index in [4.69, 9.17) is 16.9 Å². The average Bonchev–Trinajstić information content (AvgIpc) is 2.15. The number of hydrogen-bond acceptors (Lipinski definition) is 2. The van der Waals surface area contributed by atoms with Gasteiger partial charge in [-0.05, 0) is 36.2 Å². The highest BCUT2D eigenvalue weighted by Crippen LogP contribution is 2.34. The summed E-state index contributed by atoms with van der Waals surface area (Å²) in [6.45, 7) is 1.43. The Kier molecular flexibility index (Phi) is 3.24. The maximum Gasteiger partial charge on any atom is 0.417 e. The number of halogens is 4. The first kappa shape index (κ1) is 12.5. The molecular formula is C10H5ClF3NO. The van der Waals surface area contributed by atoms with Crippen LogP contribution in [0.2, 0.25) is 0 Å². The Hall–Kier alpha value is -1.54.